The Bertz CT molecular complexity index is 925. The summed E-state index contributed by atoms with van der Waals surface area (Å²) in [5.74, 6) is -0.525. The van der Waals surface area contributed by atoms with Gasteiger partial charge in [-0.2, -0.15) is 10.2 Å². The van der Waals surface area contributed by atoms with E-state index in [-0.39, 0.29) is 5.69 Å². The lowest BCUT2D eigenvalue weighted by Crippen LogP contribution is -2.08. The number of rotatable bonds is 3. The summed E-state index contributed by atoms with van der Waals surface area (Å²) in [4.78, 5) is 16.4. The van der Waals surface area contributed by atoms with Crippen molar-refractivity contribution in [2.45, 2.75) is 6.92 Å². The van der Waals surface area contributed by atoms with Gasteiger partial charge in [0.2, 0.25) is 0 Å². The van der Waals surface area contributed by atoms with Crippen molar-refractivity contribution in [3.05, 3.63) is 36.0 Å². The van der Waals surface area contributed by atoms with Crippen LogP contribution in [-0.2, 0) is 18.8 Å². The van der Waals surface area contributed by atoms with Crippen LogP contribution in [0.2, 0.25) is 0 Å². The van der Waals surface area contributed by atoms with E-state index in [1.165, 1.54) is 7.11 Å². The van der Waals surface area contributed by atoms with Crippen LogP contribution in [0.15, 0.2) is 24.7 Å². The van der Waals surface area contributed by atoms with E-state index in [0.29, 0.717) is 16.9 Å². The molecule has 0 unspecified atom stereocenters. The Kier molecular flexibility index (Phi) is 3.80. The quantitative estimate of drug-likeness (QED) is 0.733. The summed E-state index contributed by atoms with van der Waals surface area (Å²) < 4.78 is 8.21. The zero-order valence-corrected chi connectivity index (χ0v) is 13.9. The minimum Gasteiger partial charge on any atom is -0.464 e. The van der Waals surface area contributed by atoms with Crippen LogP contribution >= 0.6 is 0 Å². The van der Waals surface area contributed by atoms with E-state index in [4.69, 9.17) is 10.5 Å². The first-order chi connectivity index (χ1) is 11.4. The van der Waals surface area contributed by atoms with Gasteiger partial charge in [0.15, 0.2) is 0 Å². The van der Waals surface area contributed by atoms with Crippen LogP contribution in [-0.4, -0.2) is 37.6 Å². The van der Waals surface area contributed by atoms with Crippen molar-refractivity contribution in [1.82, 2.24) is 24.5 Å². The number of anilines is 1. The number of methoxy groups -OCH3 is 1. The summed E-state index contributed by atoms with van der Waals surface area (Å²) in [6, 6.07) is 1.63. The van der Waals surface area contributed by atoms with Gasteiger partial charge >= 0.3 is 5.97 Å². The Balaban J connectivity index is 2.28. The minimum absolute atomic E-state index is 0.184. The fourth-order valence-electron chi connectivity index (χ4n) is 2.51. The number of aryl methyl sites for hydroxylation is 2. The van der Waals surface area contributed by atoms with Gasteiger partial charge < -0.3 is 10.5 Å². The summed E-state index contributed by atoms with van der Waals surface area (Å²) >= 11 is 0. The Morgan fingerprint density at radius 2 is 1.96 bits per heavy atom. The normalized spacial score (nSPS) is 10.8. The van der Waals surface area contributed by atoms with E-state index >= 15 is 0 Å². The van der Waals surface area contributed by atoms with Crippen molar-refractivity contribution >= 4 is 11.7 Å². The highest BCUT2D eigenvalue weighted by atomic mass is 16.5. The standard InChI is InChI=1S/C16H18N6O2/c1-9-12(7-19-22(9)3)11-5-13(16(23)24-4)20-15(14(11)17)10-6-18-21(2)8-10/h5-8H,17H2,1-4H3. The third kappa shape index (κ3) is 2.51. The SMILES string of the molecule is COC(=O)c1cc(-c2cnn(C)c2C)c(N)c(-c2cnn(C)c2)n1. The molecular weight excluding hydrogens is 308 g/mol. The average molecular weight is 326 g/mol. The largest absolute Gasteiger partial charge is 0.464 e. The van der Waals surface area contributed by atoms with Gasteiger partial charge in [-0.05, 0) is 13.0 Å². The number of hydrogen-bond donors (Lipinski definition) is 1. The highest BCUT2D eigenvalue weighted by Crippen LogP contribution is 2.35. The van der Waals surface area contributed by atoms with Crippen LogP contribution in [0.25, 0.3) is 22.4 Å². The molecule has 0 atom stereocenters. The number of nitrogen functional groups attached to an aromatic ring is 1. The van der Waals surface area contributed by atoms with Gasteiger partial charge in [-0.25, -0.2) is 9.78 Å². The fourth-order valence-corrected chi connectivity index (χ4v) is 2.51. The van der Waals surface area contributed by atoms with E-state index < -0.39 is 5.97 Å². The number of carbonyl (C=O) groups is 1. The van der Waals surface area contributed by atoms with Crippen LogP contribution in [0.4, 0.5) is 5.69 Å². The number of nitrogens with zero attached hydrogens (tertiary/aromatic N) is 5. The van der Waals surface area contributed by atoms with Crippen molar-refractivity contribution in [3.63, 3.8) is 0 Å². The monoisotopic (exact) mass is 326 g/mol. The molecule has 0 saturated carbocycles. The maximum absolute atomic E-state index is 12.0. The van der Waals surface area contributed by atoms with E-state index in [2.05, 4.69) is 15.2 Å². The smallest absolute Gasteiger partial charge is 0.356 e. The molecule has 0 aliphatic heterocycles. The maximum Gasteiger partial charge on any atom is 0.356 e. The molecule has 0 bridgehead atoms. The topological polar surface area (TPSA) is 101 Å². The van der Waals surface area contributed by atoms with Gasteiger partial charge in [-0.15, -0.1) is 0 Å². The van der Waals surface area contributed by atoms with Crippen molar-refractivity contribution < 1.29 is 9.53 Å². The molecule has 0 amide bonds. The highest BCUT2D eigenvalue weighted by molar-refractivity contribution is 5.95. The minimum atomic E-state index is -0.525. The average Bonchev–Trinajstić information content (AvgIpc) is 3.14. The molecule has 8 heteroatoms. The zero-order valence-electron chi connectivity index (χ0n) is 13.9. The van der Waals surface area contributed by atoms with Crippen LogP contribution in [0.5, 0.6) is 0 Å². The molecule has 0 fully saturated rings. The third-order valence-corrected chi connectivity index (χ3v) is 3.96. The zero-order chi connectivity index (χ0) is 17.4. The molecule has 0 aliphatic rings. The second-order valence-electron chi connectivity index (χ2n) is 5.48. The molecule has 0 spiro atoms. The van der Waals surface area contributed by atoms with Gasteiger partial charge in [0, 0.05) is 42.7 Å². The second kappa shape index (κ2) is 5.80. The first kappa shape index (κ1) is 15.7. The van der Waals surface area contributed by atoms with E-state index in [0.717, 1.165) is 16.8 Å². The number of pyridine rings is 1. The molecule has 8 nitrogen and oxygen atoms in total. The lowest BCUT2D eigenvalue weighted by molar-refractivity contribution is 0.0594. The lowest BCUT2D eigenvalue weighted by Gasteiger charge is -2.11. The molecule has 0 saturated heterocycles. The van der Waals surface area contributed by atoms with Crippen molar-refractivity contribution in [2.75, 3.05) is 12.8 Å². The van der Waals surface area contributed by atoms with Crippen LogP contribution < -0.4 is 5.73 Å². The first-order valence-corrected chi connectivity index (χ1v) is 7.29. The van der Waals surface area contributed by atoms with Crippen molar-refractivity contribution in [3.8, 4) is 22.4 Å². The van der Waals surface area contributed by atoms with Gasteiger partial charge in [0.25, 0.3) is 0 Å². The lowest BCUT2D eigenvalue weighted by atomic mass is 10.0. The summed E-state index contributed by atoms with van der Waals surface area (Å²) in [6.07, 6.45) is 5.16. The Morgan fingerprint density at radius 3 is 2.50 bits per heavy atom. The molecule has 3 aromatic rings. The predicted octanol–water partition coefficient (Wildman–Crippen LogP) is 1.56. The third-order valence-electron chi connectivity index (χ3n) is 3.96. The number of esters is 1. The van der Waals surface area contributed by atoms with Crippen LogP contribution in [0, 0.1) is 6.92 Å². The number of carbonyl (C=O) groups excluding carboxylic acids is 1. The van der Waals surface area contributed by atoms with E-state index in [9.17, 15) is 4.79 Å². The summed E-state index contributed by atoms with van der Waals surface area (Å²) in [7, 11) is 4.97. The van der Waals surface area contributed by atoms with Gasteiger partial charge in [0.05, 0.1) is 30.9 Å². The van der Waals surface area contributed by atoms with Crippen molar-refractivity contribution in [1.29, 1.82) is 0 Å². The molecule has 0 radical (unpaired) electrons. The van der Waals surface area contributed by atoms with E-state index in [1.807, 2.05) is 14.0 Å². The summed E-state index contributed by atoms with van der Waals surface area (Å²) in [5, 5.41) is 8.38. The first-order valence-electron chi connectivity index (χ1n) is 7.29. The summed E-state index contributed by atoms with van der Waals surface area (Å²) in [6.45, 7) is 1.93. The number of nitrogens with two attached hydrogens (primary N) is 1. The maximum atomic E-state index is 12.0. The van der Waals surface area contributed by atoms with Crippen molar-refractivity contribution in [2.24, 2.45) is 14.1 Å². The number of ether oxygens (including phenoxy) is 1. The molecule has 3 rings (SSSR count). The molecule has 24 heavy (non-hydrogen) atoms. The molecule has 124 valence electrons. The Morgan fingerprint density at radius 1 is 1.21 bits per heavy atom. The summed E-state index contributed by atoms with van der Waals surface area (Å²) in [5.41, 5.74) is 10.7. The molecule has 2 N–H and O–H groups in total. The van der Waals surface area contributed by atoms with Gasteiger partial charge in [-0.1, -0.05) is 0 Å². The van der Waals surface area contributed by atoms with Crippen LogP contribution in [0.3, 0.4) is 0 Å². The van der Waals surface area contributed by atoms with Crippen LogP contribution in [0.1, 0.15) is 16.2 Å². The molecule has 3 heterocycles. The molecule has 3 aromatic heterocycles. The predicted molar refractivity (Wildman–Crippen MR) is 89.1 cm³/mol. The van der Waals surface area contributed by atoms with Gasteiger partial charge in [-0.3, -0.25) is 9.36 Å². The Hall–Kier alpha value is -3.16. The number of hydrogen-bond acceptors (Lipinski definition) is 6. The van der Waals surface area contributed by atoms with Gasteiger partial charge in [0.1, 0.15) is 5.69 Å². The van der Waals surface area contributed by atoms with E-state index in [1.54, 1.807) is 41.1 Å². The molecule has 0 aliphatic carbocycles. The molecular formula is C16H18N6O2. The number of aromatic nitrogens is 5. The Labute approximate surface area is 138 Å². The molecule has 0 aromatic carbocycles. The highest BCUT2D eigenvalue weighted by Gasteiger charge is 2.20. The fraction of sp³-hybridized carbons (Fsp3) is 0.250. The second-order valence-corrected chi connectivity index (χ2v) is 5.48.